The normalized spacial score (nSPS) is 13.4. The number of ether oxygens (including phenoxy) is 1. The number of hydrogen-bond donors (Lipinski definition) is 3. The molecule has 3 aromatic rings. The maximum atomic E-state index is 13.1. The third-order valence-electron chi connectivity index (χ3n) is 5.65. The van der Waals surface area contributed by atoms with Crippen LogP contribution in [-0.2, 0) is 11.2 Å². The highest BCUT2D eigenvalue weighted by Crippen LogP contribution is 2.33. The third-order valence-corrected chi connectivity index (χ3v) is 6.45. The van der Waals surface area contributed by atoms with Crippen LogP contribution in [0.15, 0.2) is 59.5 Å². The number of hydrogen-bond acceptors (Lipinski definition) is 5. The third kappa shape index (κ3) is 6.23. The number of aromatic nitrogens is 1. The molecule has 0 spiro atoms. The van der Waals surface area contributed by atoms with E-state index in [2.05, 4.69) is 46.8 Å². The molecule has 34 heavy (non-hydrogen) atoms. The maximum absolute atomic E-state index is 13.1. The smallest absolute Gasteiger partial charge is 0.410 e. The number of anilines is 2. The van der Waals surface area contributed by atoms with E-state index in [1.54, 1.807) is 5.38 Å². The Hall–Kier alpha value is -3.65. The van der Waals surface area contributed by atoms with E-state index in [0.717, 1.165) is 53.8 Å². The fraction of sp³-hybridized carbons (Fsp3) is 0.269. The number of carbonyl (C=O) groups excluding carboxylic acids is 1. The molecule has 2 aromatic carbocycles. The quantitative estimate of drug-likeness (QED) is 0.362. The van der Waals surface area contributed by atoms with Crippen molar-refractivity contribution in [3.63, 3.8) is 0 Å². The van der Waals surface area contributed by atoms with Crippen LogP contribution in [-0.4, -0.2) is 28.7 Å². The van der Waals surface area contributed by atoms with Gasteiger partial charge in [-0.3, -0.25) is 10.1 Å². The molecule has 0 bridgehead atoms. The monoisotopic (exact) mass is 477 g/mol. The molecule has 3 N–H and O–H groups in total. The minimum Gasteiger partial charge on any atom is -0.493 e. The second kappa shape index (κ2) is 11.0. The van der Waals surface area contributed by atoms with E-state index >= 15 is 0 Å². The summed E-state index contributed by atoms with van der Waals surface area (Å²) in [5, 5.41) is 16.2. The van der Waals surface area contributed by atoms with Crippen molar-refractivity contribution in [2.24, 2.45) is 0 Å². The molecule has 7 nitrogen and oxygen atoms in total. The van der Waals surface area contributed by atoms with E-state index in [-0.39, 0.29) is 5.91 Å². The topological polar surface area (TPSA) is 101 Å². The van der Waals surface area contributed by atoms with Crippen molar-refractivity contribution in [1.29, 1.82) is 0 Å². The number of thiazole rings is 1. The Kier molecular flexibility index (Phi) is 7.59. The number of allylic oxidation sites excluding steroid dienone is 1. The molecule has 0 saturated heterocycles. The van der Waals surface area contributed by atoms with E-state index in [0.29, 0.717) is 23.9 Å². The Balaban J connectivity index is 1.33. The molecule has 0 atom stereocenters. The summed E-state index contributed by atoms with van der Waals surface area (Å²) in [6.45, 7) is 2.48. The number of nitrogens with one attached hydrogen (secondary N) is 2. The van der Waals surface area contributed by atoms with Gasteiger partial charge in [0.25, 0.3) is 5.91 Å². The number of rotatable bonds is 8. The number of carboxylic acid groups (broad SMARTS) is 1. The van der Waals surface area contributed by atoms with Gasteiger partial charge in [-0.25, -0.2) is 9.78 Å². The second-order valence-corrected chi connectivity index (χ2v) is 9.04. The van der Waals surface area contributed by atoms with Gasteiger partial charge in [-0.2, -0.15) is 0 Å². The summed E-state index contributed by atoms with van der Waals surface area (Å²) in [5.41, 5.74) is 5.85. The summed E-state index contributed by atoms with van der Waals surface area (Å²) >= 11 is 1.24. The SMILES string of the molecule is Cc1ccc(C2=C(C(=O)Nc3ccc(OCCc4csc(NC(=O)O)n4)cc3)CCCC2)cc1. The van der Waals surface area contributed by atoms with Gasteiger partial charge in [0.1, 0.15) is 5.75 Å². The molecular formula is C26H27N3O4S. The van der Waals surface area contributed by atoms with Crippen LogP contribution in [0.2, 0.25) is 0 Å². The standard InChI is InChI=1S/C26H27N3O4S/c1-17-6-8-18(9-7-17)22-4-2-3-5-23(22)24(30)27-19-10-12-21(13-11-19)33-15-14-20-16-34-25(28-20)29-26(31)32/h6-13,16H,2-5,14-15H2,1H3,(H,27,30)(H,28,29)(H,31,32). The fourth-order valence-electron chi connectivity index (χ4n) is 3.91. The molecule has 176 valence electrons. The van der Waals surface area contributed by atoms with Crippen LogP contribution < -0.4 is 15.4 Å². The first-order valence-corrected chi connectivity index (χ1v) is 12.1. The van der Waals surface area contributed by atoms with Crippen molar-refractivity contribution in [2.75, 3.05) is 17.2 Å². The molecule has 1 aromatic heterocycles. The van der Waals surface area contributed by atoms with E-state index < -0.39 is 6.09 Å². The predicted molar refractivity (Wildman–Crippen MR) is 135 cm³/mol. The lowest BCUT2D eigenvalue weighted by molar-refractivity contribution is -0.113. The van der Waals surface area contributed by atoms with Crippen LogP contribution >= 0.6 is 11.3 Å². The van der Waals surface area contributed by atoms with Gasteiger partial charge >= 0.3 is 6.09 Å². The molecule has 0 saturated carbocycles. The molecule has 0 radical (unpaired) electrons. The van der Waals surface area contributed by atoms with Crippen LogP contribution in [0.1, 0.15) is 42.5 Å². The van der Waals surface area contributed by atoms with E-state index in [9.17, 15) is 9.59 Å². The Morgan fingerprint density at radius 1 is 1.03 bits per heavy atom. The van der Waals surface area contributed by atoms with Crippen molar-refractivity contribution in [3.8, 4) is 5.75 Å². The predicted octanol–water partition coefficient (Wildman–Crippen LogP) is 6.13. The molecule has 0 fully saturated rings. The number of carbonyl (C=O) groups is 2. The summed E-state index contributed by atoms with van der Waals surface area (Å²) in [6.07, 6.45) is 3.27. The highest BCUT2D eigenvalue weighted by atomic mass is 32.1. The van der Waals surface area contributed by atoms with Gasteiger partial charge in [0.05, 0.1) is 12.3 Å². The molecule has 8 heteroatoms. The lowest BCUT2D eigenvalue weighted by Gasteiger charge is -2.20. The Bertz CT molecular complexity index is 1180. The maximum Gasteiger partial charge on any atom is 0.410 e. The molecule has 4 rings (SSSR count). The molecular weight excluding hydrogens is 450 g/mol. The zero-order valence-corrected chi connectivity index (χ0v) is 19.8. The van der Waals surface area contributed by atoms with Crippen molar-refractivity contribution in [1.82, 2.24) is 4.98 Å². The Labute approximate surface area is 202 Å². The van der Waals surface area contributed by atoms with Crippen molar-refractivity contribution in [2.45, 2.75) is 39.0 Å². The zero-order chi connectivity index (χ0) is 23.9. The minimum atomic E-state index is -1.13. The highest BCUT2D eigenvalue weighted by molar-refractivity contribution is 7.13. The van der Waals surface area contributed by atoms with Crippen LogP contribution in [0.4, 0.5) is 15.6 Å². The molecule has 1 heterocycles. The van der Waals surface area contributed by atoms with Gasteiger partial charge in [0, 0.05) is 23.1 Å². The molecule has 0 aliphatic heterocycles. The van der Waals surface area contributed by atoms with Crippen LogP contribution in [0.5, 0.6) is 5.75 Å². The number of amides is 2. The highest BCUT2D eigenvalue weighted by Gasteiger charge is 2.20. The molecule has 1 aliphatic rings. The van der Waals surface area contributed by atoms with Crippen molar-refractivity contribution in [3.05, 3.63) is 76.3 Å². The summed E-state index contributed by atoms with van der Waals surface area (Å²) < 4.78 is 5.77. The van der Waals surface area contributed by atoms with Crippen molar-refractivity contribution >= 4 is 39.7 Å². The van der Waals surface area contributed by atoms with Crippen LogP contribution in [0.3, 0.4) is 0 Å². The van der Waals surface area contributed by atoms with Gasteiger partial charge in [0.2, 0.25) is 0 Å². The van der Waals surface area contributed by atoms with E-state index in [1.165, 1.54) is 16.9 Å². The summed E-state index contributed by atoms with van der Waals surface area (Å²) in [6, 6.07) is 15.7. The average Bonchev–Trinajstić information content (AvgIpc) is 3.27. The summed E-state index contributed by atoms with van der Waals surface area (Å²) in [4.78, 5) is 27.9. The van der Waals surface area contributed by atoms with Gasteiger partial charge in [-0.05, 0) is 68.0 Å². The largest absolute Gasteiger partial charge is 0.493 e. The zero-order valence-electron chi connectivity index (χ0n) is 19.0. The number of aryl methyl sites for hydroxylation is 1. The summed E-state index contributed by atoms with van der Waals surface area (Å²) in [7, 11) is 0. The van der Waals surface area contributed by atoms with E-state index in [4.69, 9.17) is 9.84 Å². The van der Waals surface area contributed by atoms with Gasteiger partial charge < -0.3 is 15.2 Å². The van der Waals surface area contributed by atoms with E-state index in [1.807, 2.05) is 24.3 Å². The first kappa shape index (κ1) is 23.5. The second-order valence-electron chi connectivity index (χ2n) is 8.18. The Morgan fingerprint density at radius 3 is 2.50 bits per heavy atom. The van der Waals surface area contributed by atoms with Crippen LogP contribution in [0.25, 0.3) is 5.57 Å². The first-order valence-electron chi connectivity index (χ1n) is 11.3. The van der Waals surface area contributed by atoms with Crippen LogP contribution in [0, 0.1) is 6.92 Å². The van der Waals surface area contributed by atoms with Gasteiger partial charge in [-0.15, -0.1) is 11.3 Å². The van der Waals surface area contributed by atoms with Gasteiger partial charge in [-0.1, -0.05) is 29.8 Å². The lowest BCUT2D eigenvalue weighted by atomic mass is 9.86. The summed E-state index contributed by atoms with van der Waals surface area (Å²) in [5.74, 6) is 0.646. The number of benzene rings is 2. The number of nitrogens with zero attached hydrogens (tertiary/aromatic N) is 1. The fourth-order valence-corrected chi connectivity index (χ4v) is 4.65. The minimum absolute atomic E-state index is 0.0433. The molecule has 0 unspecified atom stereocenters. The average molecular weight is 478 g/mol. The molecule has 2 amide bonds. The molecule has 1 aliphatic carbocycles. The van der Waals surface area contributed by atoms with Gasteiger partial charge in [0.15, 0.2) is 5.13 Å². The lowest BCUT2D eigenvalue weighted by Crippen LogP contribution is -2.18. The first-order chi connectivity index (χ1) is 16.5. The Morgan fingerprint density at radius 2 is 1.76 bits per heavy atom. The van der Waals surface area contributed by atoms with Crippen molar-refractivity contribution < 1.29 is 19.4 Å².